The number of benzene rings is 1. The first-order valence-corrected chi connectivity index (χ1v) is 6.04. The van der Waals surface area contributed by atoms with Crippen molar-refractivity contribution in [2.45, 2.75) is 12.8 Å². The summed E-state index contributed by atoms with van der Waals surface area (Å²) in [5.74, 6) is 0.695. The average molecular weight is 250 g/mol. The summed E-state index contributed by atoms with van der Waals surface area (Å²) in [5, 5.41) is 0. The predicted molar refractivity (Wildman–Crippen MR) is 69.8 cm³/mol. The highest BCUT2D eigenvalue weighted by Crippen LogP contribution is 2.33. The molecule has 1 heterocycles. The summed E-state index contributed by atoms with van der Waals surface area (Å²) in [6.07, 6.45) is 1.83. The van der Waals surface area contributed by atoms with Crippen LogP contribution in [0.25, 0.3) is 0 Å². The third-order valence-electron chi connectivity index (χ3n) is 2.91. The molecule has 1 aliphatic heterocycles. The maximum atomic E-state index is 11.9. The monoisotopic (exact) mass is 250 g/mol. The lowest BCUT2D eigenvalue weighted by atomic mass is 10.2. The Labute approximate surface area is 106 Å². The fourth-order valence-corrected chi connectivity index (χ4v) is 1.98. The third-order valence-corrected chi connectivity index (χ3v) is 2.91. The van der Waals surface area contributed by atoms with E-state index in [9.17, 15) is 4.79 Å². The molecular weight excluding hydrogens is 232 g/mol. The Bertz CT molecular complexity index is 434. The van der Waals surface area contributed by atoms with Gasteiger partial charge < -0.3 is 20.1 Å². The summed E-state index contributed by atoms with van der Waals surface area (Å²) in [6.45, 7) is 1.48. The van der Waals surface area contributed by atoms with E-state index in [0.29, 0.717) is 18.8 Å². The molecule has 0 aromatic heterocycles. The molecule has 98 valence electrons. The Balaban J connectivity index is 2.09. The molecule has 0 atom stereocenters. The molecule has 1 aliphatic rings. The largest absolute Gasteiger partial charge is 0.482 e. The third kappa shape index (κ3) is 2.73. The normalized spacial score (nSPS) is 14.3. The van der Waals surface area contributed by atoms with E-state index in [4.69, 9.17) is 15.2 Å². The maximum Gasteiger partial charge on any atom is 0.265 e. The molecule has 0 unspecified atom stereocenters. The molecule has 0 saturated heterocycles. The van der Waals surface area contributed by atoms with Crippen molar-refractivity contribution in [1.29, 1.82) is 0 Å². The van der Waals surface area contributed by atoms with Crippen LogP contribution < -0.4 is 15.4 Å². The van der Waals surface area contributed by atoms with Gasteiger partial charge in [-0.15, -0.1) is 0 Å². The molecule has 1 aromatic carbocycles. The van der Waals surface area contributed by atoms with Gasteiger partial charge in [-0.3, -0.25) is 4.79 Å². The van der Waals surface area contributed by atoms with E-state index in [0.717, 1.165) is 24.3 Å². The van der Waals surface area contributed by atoms with Crippen LogP contribution >= 0.6 is 0 Å². The fraction of sp³-hybridized carbons (Fsp3) is 0.462. The van der Waals surface area contributed by atoms with Crippen molar-refractivity contribution in [1.82, 2.24) is 0 Å². The van der Waals surface area contributed by atoms with E-state index in [1.807, 2.05) is 0 Å². The van der Waals surface area contributed by atoms with Gasteiger partial charge in [0.05, 0.1) is 5.69 Å². The van der Waals surface area contributed by atoms with Gasteiger partial charge in [-0.05, 0) is 31.0 Å². The molecule has 0 saturated carbocycles. The molecule has 2 rings (SSSR count). The van der Waals surface area contributed by atoms with Crippen LogP contribution in [0.4, 0.5) is 11.4 Å². The molecule has 0 fully saturated rings. The van der Waals surface area contributed by atoms with Crippen LogP contribution in [0.3, 0.4) is 0 Å². The molecule has 1 aromatic rings. The summed E-state index contributed by atoms with van der Waals surface area (Å²) < 4.78 is 10.4. The second-order valence-electron chi connectivity index (χ2n) is 4.26. The van der Waals surface area contributed by atoms with Gasteiger partial charge in [-0.1, -0.05) is 0 Å². The van der Waals surface area contributed by atoms with Crippen molar-refractivity contribution >= 4 is 17.3 Å². The second kappa shape index (κ2) is 5.73. The highest BCUT2D eigenvalue weighted by Gasteiger charge is 2.24. The zero-order chi connectivity index (χ0) is 13.0. The van der Waals surface area contributed by atoms with E-state index in [2.05, 4.69) is 0 Å². The number of ether oxygens (including phenoxy) is 2. The summed E-state index contributed by atoms with van der Waals surface area (Å²) >= 11 is 0. The zero-order valence-corrected chi connectivity index (χ0v) is 10.5. The molecule has 5 nitrogen and oxygen atoms in total. The summed E-state index contributed by atoms with van der Waals surface area (Å²) in [6, 6.07) is 5.36. The molecule has 2 N–H and O–H groups in total. The average Bonchev–Trinajstić information content (AvgIpc) is 2.36. The SMILES string of the molecule is COCCCCN1C(=O)COc2ccc(N)cc21. The van der Waals surface area contributed by atoms with Crippen molar-refractivity contribution < 1.29 is 14.3 Å². The van der Waals surface area contributed by atoms with E-state index in [1.165, 1.54) is 0 Å². The number of nitrogen functional groups attached to an aromatic ring is 1. The number of fused-ring (bicyclic) bond motifs is 1. The summed E-state index contributed by atoms with van der Waals surface area (Å²) in [4.78, 5) is 13.6. The zero-order valence-electron chi connectivity index (χ0n) is 10.5. The van der Waals surface area contributed by atoms with Crippen molar-refractivity contribution in [3.8, 4) is 5.75 Å². The number of carbonyl (C=O) groups excluding carboxylic acids is 1. The number of nitrogens with zero attached hydrogens (tertiary/aromatic N) is 1. The number of methoxy groups -OCH3 is 1. The fourth-order valence-electron chi connectivity index (χ4n) is 1.98. The van der Waals surface area contributed by atoms with E-state index in [-0.39, 0.29) is 12.5 Å². The first-order valence-electron chi connectivity index (χ1n) is 6.04. The number of hydrogen-bond acceptors (Lipinski definition) is 4. The Morgan fingerprint density at radius 2 is 2.28 bits per heavy atom. The van der Waals surface area contributed by atoms with Gasteiger partial charge >= 0.3 is 0 Å². The molecule has 0 aliphatic carbocycles. The van der Waals surface area contributed by atoms with Crippen LogP contribution in [0.1, 0.15) is 12.8 Å². The second-order valence-corrected chi connectivity index (χ2v) is 4.26. The van der Waals surface area contributed by atoms with E-state index < -0.39 is 0 Å². The number of carbonyl (C=O) groups is 1. The van der Waals surface area contributed by atoms with Gasteiger partial charge in [0.15, 0.2) is 6.61 Å². The van der Waals surface area contributed by atoms with Crippen LogP contribution in [-0.4, -0.2) is 32.8 Å². The van der Waals surface area contributed by atoms with E-state index in [1.54, 1.807) is 30.2 Å². The quantitative estimate of drug-likeness (QED) is 0.634. The first kappa shape index (κ1) is 12.7. The lowest BCUT2D eigenvalue weighted by Crippen LogP contribution is -2.39. The Morgan fingerprint density at radius 1 is 1.44 bits per heavy atom. The van der Waals surface area contributed by atoms with Gasteiger partial charge in [0.2, 0.25) is 0 Å². The smallest absolute Gasteiger partial charge is 0.265 e. The lowest BCUT2D eigenvalue weighted by Gasteiger charge is -2.29. The maximum absolute atomic E-state index is 11.9. The number of nitrogens with two attached hydrogens (primary N) is 1. The van der Waals surface area contributed by atoms with Crippen LogP contribution in [0.15, 0.2) is 18.2 Å². The van der Waals surface area contributed by atoms with Crippen LogP contribution in [0, 0.1) is 0 Å². The standard InChI is InChI=1S/C13H18N2O3/c1-17-7-3-2-6-15-11-8-10(14)4-5-12(11)18-9-13(15)16/h4-5,8H,2-3,6-7,9,14H2,1H3. The van der Waals surface area contributed by atoms with Gasteiger partial charge in [-0.2, -0.15) is 0 Å². The van der Waals surface area contributed by atoms with Gasteiger partial charge in [0, 0.05) is 25.9 Å². The number of hydrogen-bond donors (Lipinski definition) is 1. The minimum absolute atomic E-state index is 0.0227. The number of rotatable bonds is 5. The Kier molecular flexibility index (Phi) is 4.04. The van der Waals surface area contributed by atoms with Crippen molar-refractivity contribution in [3.05, 3.63) is 18.2 Å². The highest BCUT2D eigenvalue weighted by molar-refractivity contribution is 5.98. The lowest BCUT2D eigenvalue weighted by molar-refractivity contribution is -0.121. The first-order chi connectivity index (χ1) is 8.72. The van der Waals surface area contributed by atoms with Crippen molar-refractivity contribution in [2.24, 2.45) is 0 Å². The molecule has 0 radical (unpaired) electrons. The van der Waals surface area contributed by atoms with Gasteiger partial charge in [-0.25, -0.2) is 0 Å². The van der Waals surface area contributed by atoms with Crippen LogP contribution in [-0.2, 0) is 9.53 Å². The van der Waals surface area contributed by atoms with Gasteiger partial charge in [0.1, 0.15) is 5.75 Å². The number of amides is 1. The Hall–Kier alpha value is -1.75. The summed E-state index contributed by atoms with van der Waals surface area (Å²) in [7, 11) is 1.68. The molecule has 18 heavy (non-hydrogen) atoms. The summed E-state index contributed by atoms with van der Waals surface area (Å²) in [5.41, 5.74) is 7.15. The number of anilines is 2. The van der Waals surface area contributed by atoms with Crippen molar-refractivity contribution in [3.63, 3.8) is 0 Å². The topological polar surface area (TPSA) is 64.8 Å². The van der Waals surface area contributed by atoms with Gasteiger partial charge in [0.25, 0.3) is 5.91 Å². The van der Waals surface area contributed by atoms with E-state index >= 15 is 0 Å². The minimum Gasteiger partial charge on any atom is -0.482 e. The molecule has 1 amide bonds. The highest BCUT2D eigenvalue weighted by atomic mass is 16.5. The Morgan fingerprint density at radius 3 is 3.06 bits per heavy atom. The predicted octanol–water partition coefficient (Wildman–Crippen LogP) is 1.42. The number of unbranched alkanes of at least 4 members (excludes halogenated alkanes) is 1. The molecule has 5 heteroatoms. The molecule has 0 spiro atoms. The molecule has 0 bridgehead atoms. The van der Waals surface area contributed by atoms with Crippen LogP contribution in [0.5, 0.6) is 5.75 Å². The molecular formula is C13H18N2O3. The minimum atomic E-state index is -0.0227. The van der Waals surface area contributed by atoms with Crippen LogP contribution in [0.2, 0.25) is 0 Å². The van der Waals surface area contributed by atoms with Crippen molar-refractivity contribution in [2.75, 3.05) is 37.5 Å².